The third-order valence-electron chi connectivity index (χ3n) is 4.42. The van der Waals surface area contributed by atoms with E-state index in [9.17, 15) is 9.18 Å². The average molecular weight is 426 g/mol. The van der Waals surface area contributed by atoms with E-state index in [2.05, 4.69) is 10.1 Å². The van der Waals surface area contributed by atoms with Crippen LogP contribution in [0, 0.1) is 5.82 Å². The fourth-order valence-electron chi connectivity index (χ4n) is 2.88. The standard InChI is InChI=1S/C21H19FN4O3S/c1-28-15-6-8-16(9-7-15)29-14-19(27)26(13-12-25-11-3-10-23-25)21-24-20-17(22)4-2-5-18(20)30-21/h2-11H,12-14H2,1H3. The maximum absolute atomic E-state index is 14.1. The maximum atomic E-state index is 14.1. The summed E-state index contributed by atoms with van der Waals surface area (Å²) in [6.45, 7) is 0.622. The molecule has 4 rings (SSSR count). The van der Waals surface area contributed by atoms with Crippen LogP contribution in [0.5, 0.6) is 11.5 Å². The van der Waals surface area contributed by atoms with Crippen LogP contribution < -0.4 is 14.4 Å². The number of carbonyl (C=O) groups excluding carboxylic acids is 1. The summed E-state index contributed by atoms with van der Waals surface area (Å²) in [5.74, 6) is 0.555. The molecule has 2 heterocycles. The molecule has 0 N–H and O–H groups in total. The summed E-state index contributed by atoms with van der Waals surface area (Å²) < 4.78 is 27.3. The molecule has 0 radical (unpaired) electrons. The topological polar surface area (TPSA) is 69.5 Å². The van der Waals surface area contributed by atoms with Crippen molar-refractivity contribution in [3.05, 3.63) is 66.7 Å². The van der Waals surface area contributed by atoms with E-state index >= 15 is 0 Å². The lowest BCUT2D eigenvalue weighted by molar-refractivity contribution is -0.120. The van der Waals surface area contributed by atoms with Gasteiger partial charge >= 0.3 is 0 Å². The summed E-state index contributed by atoms with van der Waals surface area (Å²) in [5, 5.41) is 4.59. The van der Waals surface area contributed by atoms with Crippen molar-refractivity contribution in [2.75, 3.05) is 25.2 Å². The quantitative estimate of drug-likeness (QED) is 0.429. The van der Waals surface area contributed by atoms with Gasteiger partial charge in [0.1, 0.15) is 22.8 Å². The lowest BCUT2D eigenvalue weighted by atomic mass is 10.3. The Bertz CT molecular complexity index is 1130. The van der Waals surface area contributed by atoms with Crippen LogP contribution in [-0.2, 0) is 11.3 Å². The molecule has 154 valence electrons. The van der Waals surface area contributed by atoms with Gasteiger partial charge in [0.25, 0.3) is 5.91 Å². The highest BCUT2D eigenvalue weighted by Crippen LogP contribution is 2.30. The average Bonchev–Trinajstić information content (AvgIpc) is 3.43. The number of aromatic nitrogens is 3. The van der Waals surface area contributed by atoms with Crippen molar-refractivity contribution in [2.45, 2.75) is 6.54 Å². The normalized spacial score (nSPS) is 10.9. The zero-order valence-corrected chi connectivity index (χ0v) is 17.0. The van der Waals surface area contributed by atoms with Gasteiger partial charge in [0.05, 0.1) is 18.4 Å². The highest BCUT2D eigenvalue weighted by atomic mass is 32.1. The van der Waals surface area contributed by atoms with Gasteiger partial charge in [-0.15, -0.1) is 0 Å². The minimum Gasteiger partial charge on any atom is -0.497 e. The van der Waals surface area contributed by atoms with Crippen LogP contribution in [0.15, 0.2) is 60.9 Å². The predicted octanol–water partition coefficient (Wildman–Crippen LogP) is 3.75. The van der Waals surface area contributed by atoms with Crippen LogP contribution in [0.4, 0.5) is 9.52 Å². The molecule has 0 atom stereocenters. The van der Waals surface area contributed by atoms with Gasteiger partial charge in [-0.05, 0) is 42.5 Å². The number of amides is 1. The fourth-order valence-corrected chi connectivity index (χ4v) is 3.90. The van der Waals surface area contributed by atoms with Crippen LogP contribution >= 0.6 is 11.3 Å². The molecule has 0 unspecified atom stereocenters. The molecule has 0 aliphatic carbocycles. The van der Waals surface area contributed by atoms with E-state index in [1.807, 2.05) is 12.3 Å². The largest absolute Gasteiger partial charge is 0.497 e. The fraction of sp³-hybridized carbons (Fsp3) is 0.190. The highest BCUT2D eigenvalue weighted by molar-refractivity contribution is 7.22. The van der Waals surface area contributed by atoms with Crippen molar-refractivity contribution < 1.29 is 18.7 Å². The van der Waals surface area contributed by atoms with Gasteiger partial charge in [-0.2, -0.15) is 5.10 Å². The van der Waals surface area contributed by atoms with Crippen LogP contribution in [0.1, 0.15) is 0 Å². The Labute approximate surface area is 176 Å². The predicted molar refractivity (Wildman–Crippen MR) is 113 cm³/mol. The number of hydrogen-bond donors (Lipinski definition) is 0. The van der Waals surface area contributed by atoms with Crippen LogP contribution in [-0.4, -0.2) is 40.9 Å². The summed E-state index contributed by atoms with van der Waals surface area (Å²) in [7, 11) is 1.58. The molecule has 7 nitrogen and oxygen atoms in total. The number of para-hydroxylation sites is 1. The highest BCUT2D eigenvalue weighted by Gasteiger charge is 2.21. The number of carbonyl (C=O) groups is 1. The number of fused-ring (bicyclic) bond motifs is 1. The molecule has 0 saturated carbocycles. The minimum atomic E-state index is -0.413. The first-order chi connectivity index (χ1) is 14.6. The maximum Gasteiger partial charge on any atom is 0.266 e. The molecule has 0 fully saturated rings. The Morgan fingerprint density at radius 1 is 1.17 bits per heavy atom. The van der Waals surface area contributed by atoms with Gasteiger partial charge in [-0.3, -0.25) is 14.4 Å². The SMILES string of the molecule is COc1ccc(OCC(=O)N(CCn2cccn2)c2nc3c(F)cccc3s2)cc1. The summed E-state index contributed by atoms with van der Waals surface area (Å²) in [6.07, 6.45) is 3.49. The van der Waals surface area contributed by atoms with Crippen molar-refractivity contribution >= 4 is 32.6 Å². The lowest BCUT2D eigenvalue weighted by Gasteiger charge is -2.20. The number of rotatable bonds is 8. The molecule has 0 spiro atoms. The monoisotopic (exact) mass is 426 g/mol. The van der Waals surface area contributed by atoms with Crippen LogP contribution in [0.2, 0.25) is 0 Å². The van der Waals surface area contributed by atoms with Crippen molar-refractivity contribution in [3.8, 4) is 11.5 Å². The Hall–Kier alpha value is -3.46. The van der Waals surface area contributed by atoms with E-state index in [4.69, 9.17) is 9.47 Å². The van der Waals surface area contributed by atoms with E-state index in [-0.39, 0.29) is 18.0 Å². The van der Waals surface area contributed by atoms with Crippen molar-refractivity contribution in [1.82, 2.24) is 14.8 Å². The van der Waals surface area contributed by atoms with Gasteiger partial charge in [-0.25, -0.2) is 9.37 Å². The second-order valence-corrected chi connectivity index (χ2v) is 7.37. The van der Waals surface area contributed by atoms with Gasteiger partial charge in [0.2, 0.25) is 0 Å². The molecular formula is C21H19FN4O3S. The smallest absolute Gasteiger partial charge is 0.266 e. The Balaban J connectivity index is 1.53. The van der Waals surface area contributed by atoms with E-state index in [0.717, 1.165) is 0 Å². The summed E-state index contributed by atoms with van der Waals surface area (Å²) in [6, 6.07) is 13.5. The second-order valence-electron chi connectivity index (χ2n) is 6.36. The number of nitrogens with zero attached hydrogens (tertiary/aromatic N) is 4. The zero-order chi connectivity index (χ0) is 20.9. The van der Waals surface area contributed by atoms with Crippen molar-refractivity contribution in [2.24, 2.45) is 0 Å². The van der Waals surface area contributed by atoms with E-state index in [1.54, 1.807) is 54.4 Å². The number of halogens is 1. The number of methoxy groups -OCH3 is 1. The number of benzene rings is 2. The molecule has 30 heavy (non-hydrogen) atoms. The number of ether oxygens (including phenoxy) is 2. The molecule has 2 aromatic heterocycles. The zero-order valence-electron chi connectivity index (χ0n) is 16.2. The van der Waals surface area contributed by atoms with Gasteiger partial charge < -0.3 is 9.47 Å². The molecule has 2 aromatic carbocycles. The molecule has 0 aliphatic rings. The molecule has 0 saturated heterocycles. The summed E-state index contributed by atoms with van der Waals surface area (Å²) in [5.41, 5.74) is 0.255. The lowest BCUT2D eigenvalue weighted by Crippen LogP contribution is -2.37. The van der Waals surface area contributed by atoms with Crippen LogP contribution in [0.25, 0.3) is 10.2 Å². The van der Waals surface area contributed by atoms with Gasteiger partial charge in [0, 0.05) is 18.9 Å². The molecular weight excluding hydrogens is 407 g/mol. The molecule has 9 heteroatoms. The summed E-state index contributed by atoms with van der Waals surface area (Å²) in [4.78, 5) is 18.8. The first kappa shape index (κ1) is 19.8. The van der Waals surface area contributed by atoms with Crippen LogP contribution in [0.3, 0.4) is 0 Å². The van der Waals surface area contributed by atoms with E-state index < -0.39 is 5.82 Å². The molecule has 0 aliphatic heterocycles. The minimum absolute atomic E-state index is 0.177. The molecule has 4 aromatic rings. The number of hydrogen-bond acceptors (Lipinski definition) is 6. The van der Waals surface area contributed by atoms with Crippen molar-refractivity contribution in [3.63, 3.8) is 0 Å². The van der Waals surface area contributed by atoms with Crippen molar-refractivity contribution in [1.29, 1.82) is 0 Å². The second kappa shape index (κ2) is 8.91. The first-order valence-corrected chi connectivity index (χ1v) is 10.1. The molecule has 1 amide bonds. The van der Waals surface area contributed by atoms with Gasteiger partial charge in [-0.1, -0.05) is 17.4 Å². The number of thiazole rings is 1. The van der Waals surface area contributed by atoms with E-state index in [0.29, 0.717) is 34.4 Å². The third kappa shape index (κ3) is 4.41. The third-order valence-corrected chi connectivity index (χ3v) is 5.47. The van der Waals surface area contributed by atoms with Gasteiger partial charge in [0.15, 0.2) is 11.7 Å². The van der Waals surface area contributed by atoms with E-state index in [1.165, 1.54) is 22.3 Å². The number of anilines is 1. The Kier molecular flexibility index (Phi) is 5.89. The summed E-state index contributed by atoms with van der Waals surface area (Å²) >= 11 is 1.26. The Morgan fingerprint density at radius 2 is 1.97 bits per heavy atom. The first-order valence-electron chi connectivity index (χ1n) is 9.24. The molecule has 0 bridgehead atoms. The Morgan fingerprint density at radius 3 is 2.67 bits per heavy atom.